The van der Waals surface area contributed by atoms with Crippen LogP contribution in [0.2, 0.25) is 0 Å². The molecule has 2 aromatic carbocycles. The third-order valence-corrected chi connectivity index (χ3v) is 3.86. The van der Waals surface area contributed by atoms with Crippen LogP contribution in [0.5, 0.6) is 0 Å². The zero-order valence-corrected chi connectivity index (χ0v) is 13.4. The van der Waals surface area contributed by atoms with Gasteiger partial charge < -0.3 is 4.57 Å². The van der Waals surface area contributed by atoms with Gasteiger partial charge in [-0.15, -0.1) is 0 Å². The molecule has 0 saturated heterocycles. The number of aromatic nitrogens is 1. The summed E-state index contributed by atoms with van der Waals surface area (Å²) in [5.41, 5.74) is 3.59. The van der Waals surface area contributed by atoms with Gasteiger partial charge in [-0.25, -0.2) is 0 Å². The normalized spacial score (nSPS) is 11.2. The first-order valence-corrected chi connectivity index (χ1v) is 7.68. The molecular formula is C19H13BrN2. The minimum Gasteiger partial charge on any atom is -0.317 e. The molecule has 106 valence electrons. The van der Waals surface area contributed by atoms with E-state index in [9.17, 15) is 5.26 Å². The van der Waals surface area contributed by atoms with Gasteiger partial charge in [0.1, 0.15) is 0 Å². The molecular weight excluding hydrogens is 336 g/mol. The minimum atomic E-state index is 0.649. The highest BCUT2D eigenvalue weighted by Crippen LogP contribution is 2.22. The molecule has 0 aliphatic heterocycles. The Hall–Kier alpha value is -2.57. The Morgan fingerprint density at radius 2 is 1.82 bits per heavy atom. The Bertz CT molecular complexity index is 854. The number of rotatable bonds is 3. The van der Waals surface area contributed by atoms with Crippen molar-refractivity contribution in [2.45, 2.75) is 0 Å². The summed E-state index contributed by atoms with van der Waals surface area (Å²) in [6.07, 6.45) is 3.91. The Morgan fingerprint density at radius 3 is 2.55 bits per heavy atom. The van der Waals surface area contributed by atoms with E-state index in [4.69, 9.17) is 0 Å². The van der Waals surface area contributed by atoms with E-state index in [2.05, 4.69) is 26.6 Å². The average Bonchev–Trinajstić information content (AvgIpc) is 3.01. The van der Waals surface area contributed by atoms with Gasteiger partial charge in [0.15, 0.2) is 0 Å². The predicted octanol–water partition coefficient (Wildman–Crippen LogP) is 5.30. The molecule has 3 heteroatoms. The van der Waals surface area contributed by atoms with Crippen LogP contribution in [0.25, 0.3) is 17.3 Å². The Kier molecular flexibility index (Phi) is 4.22. The second-order valence-electron chi connectivity index (χ2n) is 4.82. The number of nitriles is 1. The predicted molar refractivity (Wildman–Crippen MR) is 93.4 cm³/mol. The van der Waals surface area contributed by atoms with Crippen LogP contribution in [0.3, 0.4) is 0 Å². The summed E-state index contributed by atoms with van der Waals surface area (Å²) in [6, 6.07) is 24.1. The number of allylic oxidation sites excluding steroid dienone is 1. The van der Waals surface area contributed by atoms with Gasteiger partial charge in [-0.05, 0) is 42.0 Å². The quantitative estimate of drug-likeness (QED) is 0.590. The molecule has 1 aromatic heterocycles. The molecule has 0 atom stereocenters. The van der Waals surface area contributed by atoms with Crippen molar-refractivity contribution in [1.82, 2.24) is 4.57 Å². The third-order valence-electron chi connectivity index (χ3n) is 3.36. The van der Waals surface area contributed by atoms with Crippen LogP contribution in [0.4, 0.5) is 0 Å². The molecule has 0 aliphatic carbocycles. The summed E-state index contributed by atoms with van der Waals surface area (Å²) in [4.78, 5) is 0. The molecule has 0 bridgehead atoms. The zero-order valence-electron chi connectivity index (χ0n) is 11.8. The number of nitrogens with zero attached hydrogens (tertiary/aromatic N) is 2. The molecule has 3 rings (SSSR count). The van der Waals surface area contributed by atoms with Crippen LogP contribution >= 0.6 is 15.9 Å². The van der Waals surface area contributed by atoms with Gasteiger partial charge >= 0.3 is 0 Å². The van der Waals surface area contributed by atoms with Crippen LogP contribution < -0.4 is 0 Å². The largest absolute Gasteiger partial charge is 0.317 e. The van der Waals surface area contributed by atoms with Gasteiger partial charge in [0, 0.05) is 22.1 Å². The lowest BCUT2D eigenvalue weighted by molar-refractivity contribution is 1.06. The Balaban J connectivity index is 2.05. The van der Waals surface area contributed by atoms with Crippen molar-refractivity contribution in [3.8, 4) is 11.8 Å². The monoisotopic (exact) mass is 348 g/mol. The van der Waals surface area contributed by atoms with E-state index in [-0.39, 0.29) is 0 Å². The summed E-state index contributed by atoms with van der Waals surface area (Å²) in [7, 11) is 0. The summed E-state index contributed by atoms with van der Waals surface area (Å²) >= 11 is 3.49. The second kappa shape index (κ2) is 6.46. The molecule has 0 amide bonds. The number of hydrogen-bond acceptors (Lipinski definition) is 1. The summed E-state index contributed by atoms with van der Waals surface area (Å²) in [5, 5.41) is 9.45. The number of hydrogen-bond donors (Lipinski definition) is 0. The van der Waals surface area contributed by atoms with Crippen molar-refractivity contribution in [2.24, 2.45) is 0 Å². The lowest BCUT2D eigenvalue weighted by Crippen LogP contribution is -1.95. The second-order valence-corrected chi connectivity index (χ2v) is 5.73. The van der Waals surface area contributed by atoms with E-state index in [0.717, 1.165) is 21.4 Å². The van der Waals surface area contributed by atoms with Crippen molar-refractivity contribution in [3.05, 3.63) is 88.7 Å². The molecule has 0 radical (unpaired) electrons. The maximum atomic E-state index is 9.45. The molecule has 1 heterocycles. The highest BCUT2D eigenvalue weighted by Gasteiger charge is 2.05. The van der Waals surface area contributed by atoms with Crippen molar-refractivity contribution in [2.75, 3.05) is 0 Å². The lowest BCUT2D eigenvalue weighted by Gasteiger charge is -2.08. The first-order valence-electron chi connectivity index (χ1n) is 6.88. The minimum absolute atomic E-state index is 0.649. The van der Waals surface area contributed by atoms with E-state index in [1.54, 1.807) is 0 Å². The van der Waals surface area contributed by atoms with Gasteiger partial charge in [-0.2, -0.15) is 5.26 Å². The van der Waals surface area contributed by atoms with Crippen LogP contribution in [0.1, 0.15) is 11.3 Å². The van der Waals surface area contributed by atoms with E-state index in [1.165, 1.54) is 0 Å². The Labute approximate surface area is 138 Å². The van der Waals surface area contributed by atoms with Gasteiger partial charge in [0.05, 0.1) is 11.6 Å². The lowest BCUT2D eigenvalue weighted by atomic mass is 10.1. The number of benzene rings is 2. The van der Waals surface area contributed by atoms with Gasteiger partial charge in [-0.3, -0.25) is 0 Å². The van der Waals surface area contributed by atoms with Gasteiger partial charge in [-0.1, -0.05) is 52.3 Å². The van der Waals surface area contributed by atoms with Crippen molar-refractivity contribution < 1.29 is 0 Å². The summed E-state index contributed by atoms with van der Waals surface area (Å²) in [6.45, 7) is 0. The molecule has 0 spiro atoms. The summed E-state index contributed by atoms with van der Waals surface area (Å²) < 4.78 is 3.09. The van der Waals surface area contributed by atoms with Crippen LogP contribution in [-0.4, -0.2) is 4.57 Å². The fourth-order valence-corrected chi connectivity index (χ4v) is 2.71. The molecule has 22 heavy (non-hydrogen) atoms. The molecule has 2 nitrogen and oxygen atoms in total. The molecule has 0 unspecified atom stereocenters. The average molecular weight is 349 g/mol. The molecule has 3 aromatic rings. The highest BCUT2D eigenvalue weighted by molar-refractivity contribution is 9.10. The van der Waals surface area contributed by atoms with Crippen molar-refractivity contribution in [1.29, 1.82) is 5.26 Å². The molecule has 0 fully saturated rings. The van der Waals surface area contributed by atoms with Gasteiger partial charge in [0.25, 0.3) is 0 Å². The van der Waals surface area contributed by atoms with Crippen LogP contribution in [-0.2, 0) is 0 Å². The first-order chi connectivity index (χ1) is 10.8. The van der Waals surface area contributed by atoms with E-state index in [0.29, 0.717) is 5.57 Å². The molecule has 0 aliphatic rings. The summed E-state index contributed by atoms with van der Waals surface area (Å²) in [5.74, 6) is 0. The van der Waals surface area contributed by atoms with Gasteiger partial charge in [0.2, 0.25) is 0 Å². The topological polar surface area (TPSA) is 28.7 Å². The van der Waals surface area contributed by atoms with E-state index in [1.807, 2.05) is 79.0 Å². The molecule has 0 N–H and O–H groups in total. The van der Waals surface area contributed by atoms with Crippen LogP contribution in [0, 0.1) is 11.3 Å². The number of halogens is 1. The van der Waals surface area contributed by atoms with Crippen molar-refractivity contribution in [3.63, 3.8) is 0 Å². The Morgan fingerprint density at radius 1 is 1.00 bits per heavy atom. The molecule has 0 saturated carbocycles. The third kappa shape index (κ3) is 3.03. The highest BCUT2D eigenvalue weighted by atomic mass is 79.9. The fourth-order valence-electron chi connectivity index (χ4n) is 2.32. The van der Waals surface area contributed by atoms with Crippen molar-refractivity contribution >= 4 is 27.6 Å². The van der Waals surface area contributed by atoms with E-state index < -0.39 is 0 Å². The van der Waals surface area contributed by atoms with E-state index >= 15 is 0 Å². The van der Waals surface area contributed by atoms with Crippen LogP contribution in [0.15, 0.2) is 77.4 Å². The smallest absolute Gasteiger partial charge is 0.0998 e. The maximum Gasteiger partial charge on any atom is 0.0998 e. The SMILES string of the molecule is N#C/C(=C\c1cccn1-c1cccc(Br)c1)c1ccccc1. The maximum absolute atomic E-state index is 9.45. The fraction of sp³-hybridized carbons (Fsp3) is 0. The zero-order chi connectivity index (χ0) is 15.4. The standard InChI is InChI=1S/C19H13BrN2/c20-17-8-4-9-19(13-17)22-11-5-10-18(22)12-16(14-21)15-6-2-1-3-7-15/h1-13H/b16-12+. The first kappa shape index (κ1) is 14.4.